The van der Waals surface area contributed by atoms with Gasteiger partial charge in [-0.25, -0.2) is 0 Å². The third kappa shape index (κ3) is 2.70. The molecule has 0 atom stereocenters. The van der Waals surface area contributed by atoms with Crippen molar-refractivity contribution in [1.82, 2.24) is 4.90 Å². The number of likely N-dealkylation sites (N-methyl/N-ethyl adjacent to an activating group) is 1. The van der Waals surface area contributed by atoms with E-state index in [1.807, 2.05) is 47.2 Å². The molecule has 2 heterocycles. The number of benzene rings is 1. The molecule has 3 nitrogen and oxygen atoms in total. The lowest BCUT2D eigenvalue weighted by Gasteiger charge is -2.29. The highest BCUT2D eigenvalue weighted by molar-refractivity contribution is 7.10. The smallest absolute Gasteiger partial charge is 0.242 e. The summed E-state index contributed by atoms with van der Waals surface area (Å²) in [5.74, 6) is 0.202. The number of carbonyl (C=O) groups excluding carboxylic acids is 1. The van der Waals surface area contributed by atoms with E-state index in [0.717, 1.165) is 25.2 Å². The molecule has 0 bridgehead atoms. The number of nitrogens with zero attached hydrogens (tertiary/aromatic N) is 2. The van der Waals surface area contributed by atoms with E-state index in [1.165, 1.54) is 10.4 Å². The van der Waals surface area contributed by atoms with Gasteiger partial charge in [0.25, 0.3) is 0 Å². The second-order valence-corrected chi connectivity index (χ2v) is 6.13. The molecule has 0 unspecified atom stereocenters. The second-order valence-electron chi connectivity index (χ2n) is 5.13. The predicted molar refractivity (Wildman–Crippen MR) is 83.2 cm³/mol. The fourth-order valence-corrected chi connectivity index (χ4v) is 3.43. The summed E-state index contributed by atoms with van der Waals surface area (Å²) in [6, 6.07) is 12.2. The number of anilines is 1. The van der Waals surface area contributed by atoms with Gasteiger partial charge >= 0.3 is 0 Å². The Morgan fingerprint density at radius 3 is 2.90 bits per heavy atom. The van der Waals surface area contributed by atoms with E-state index in [1.54, 1.807) is 11.3 Å². The zero-order chi connectivity index (χ0) is 13.9. The first-order valence-corrected chi connectivity index (χ1v) is 7.71. The molecule has 0 aliphatic carbocycles. The summed E-state index contributed by atoms with van der Waals surface area (Å²) in [4.78, 5) is 17.8. The minimum Gasteiger partial charge on any atom is -0.365 e. The van der Waals surface area contributed by atoms with Crippen LogP contribution in [0, 0.1) is 0 Å². The first-order valence-electron chi connectivity index (χ1n) is 6.83. The molecule has 0 radical (unpaired) electrons. The van der Waals surface area contributed by atoms with Crippen LogP contribution in [0.2, 0.25) is 0 Å². The van der Waals surface area contributed by atoms with Gasteiger partial charge in [-0.15, -0.1) is 11.3 Å². The maximum absolute atomic E-state index is 12.4. The van der Waals surface area contributed by atoms with Crippen molar-refractivity contribution in [2.24, 2.45) is 0 Å². The van der Waals surface area contributed by atoms with Gasteiger partial charge in [0.1, 0.15) is 0 Å². The number of fused-ring (bicyclic) bond motifs is 1. The normalized spacial score (nSPS) is 13.9. The van der Waals surface area contributed by atoms with Crippen LogP contribution < -0.4 is 4.90 Å². The van der Waals surface area contributed by atoms with E-state index in [-0.39, 0.29) is 5.91 Å². The highest BCUT2D eigenvalue weighted by Crippen LogP contribution is 2.24. The van der Waals surface area contributed by atoms with Crippen LogP contribution in [-0.2, 0) is 17.8 Å². The number of amides is 1. The van der Waals surface area contributed by atoms with Crippen molar-refractivity contribution in [2.75, 3.05) is 25.0 Å². The quantitative estimate of drug-likeness (QED) is 0.866. The number of rotatable bonds is 3. The summed E-state index contributed by atoms with van der Waals surface area (Å²) in [5.41, 5.74) is 2.39. The Bertz CT molecular complexity index is 594. The average Bonchev–Trinajstić information content (AvgIpc) is 2.95. The van der Waals surface area contributed by atoms with Gasteiger partial charge in [-0.05, 0) is 35.6 Å². The summed E-state index contributed by atoms with van der Waals surface area (Å²) in [5, 5.41) is 2.12. The van der Waals surface area contributed by atoms with E-state index in [0.29, 0.717) is 6.54 Å². The molecule has 1 amide bonds. The molecule has 1 aliphatic rings. The summed E-state index contributed by atoms with van der Waals surface area (Å²) in [7, 11) is 1.97. The Labute approximate surface area is 123 Å². The fourth-order valence-electron chi connectivity index (χ4n) is 2.54. The third-order valence-corrected chi connectivity index (χ3v) is 4.75. The summed E-state index contributed by atoms with van der Waals surface area (Å²) in [6.07, 6.45) is 0.994. The highest BCUT2D eigenvalue weighted by Gasteiger charge is 2.22. The largest absolute Gasteiger partial charge is 0.365 e. The number of carbonyl (C=O) groups is 1. The van der Waals surface area contributed by atoms with Gasteiger partial charge in [-0.3, -0.25) is 4.79 Å². The zero-order valence-electron chi connectivity index (χ0n) is 11.6. The van der Waals surface area contributed by atoms with Gasteiger partial charge in [0.15, 0.2) is 0 Å². The van der Waals surface area contributed by atoms with Gasteiger partial charge in [0.2, 0.25) is 5.91 Å². The zero-order valence-corrected chi connectivity index (χ0v) is 12.4. The lowest BCUT2D eigenvalue weighted by atomic mass is 10.1. The van der Waals surface area contributed by atoms with Crippen LogP contribution in [0.5, 0.6) is 0 Å². The van der Waals surface area contributed by atoms with Crippen LogP contribution >= 0.6 is 11.3 Å². The summed E-state index contributed by atoms with van der Waals surface area (Å²) >= 11 is 1.80. The number of para-hydroxylation sites is 1. The van der Waals surface area contributed by atoms with Gasteiger partial charge in [0.05, 0.1) is 6.54 Å². The molecule has 1 aliphatic heterocycles. The topological polar surface area (TPSA) is 23.6 Å². The lowest BCUT2D eigenvalue weighted by molar-refractivity contribution is -0.130. The SMILES string of the molecule is CN(CC(=O)N1CCc2sccc2C1)c1ccccc1. The van der Waals surface area contributed by atoms with Crippen molar-refractivity contribution in [2.45, 2.75) is 13.0 Å². The van der Waals surface area contributed by atoms with E-state index < -0.39 is 0 Å². The van der Waals surface area contributed by atoms with Crippen LogP contribution in [0.15, 0.2) is 41.8 Å². The van der Waals surface area contributed by atoms with Crippen molar-refractivity contribution >= 4 is 22.9 Å². The lowest BCUT2D eigenvalue weighted by Crippen LogP contribution is -2.41. The van der Waals surface area contributed by atoms with Crippen molar-refractivity contribution in [3.63, 3.8) is 0 Å². The van der Waals surface area contributed by atoms with E-state index in [9.17, 15) is 4.79 Å². The molecule has 0 N–H and O–H groups in total. The number of hydrogen-bond donors (Lipinski definition) is 0. The van der Waals surface area contributed by atoms with Gasteiger partial charge in [-0.1, -0.05) is 18.2 Å². The Morgan fingerprint density at radius 1 is 1.30 bits per heavy atom. The highest BCUT2D eigenvalue weighted by atomic mass is 32.1. The predicted octanol–water partition coefficient (Wildman–Crippen LogP) is 2.77. The molecule has 0 saturated heterocycles. The summed E-state index contributed by atoms with van der Waals surface area (Å²) < 4.78 is 0. The molecule has 104 valence electrons. The van der Waals surface area contributed by atoms with Crippen LogP contribution in [0.25, 0.3) is 0 Å². The number of thiophene rings is 1. The fraction of sp³-hybridized carbons (Fsp3) is 0.312. The molecule has 0 spiro atoms. The molecule has 1 aromatic carbocycles. The second kappa shape index (κ2) is 5.67. The Balaban J connectivity index is 1.63. The Morgan fingerprint density at radius 2 is 2.10 bits per heavy atom. The van der Waals surface area contributed by atoms with E-state index in [4.69, 9.17) is 0 Å². The minimum absolute atomic E-state index is 0.202. The van der Waals surface area contributed by atoms with Crippen molar-refractivity contribution in [3.05, 3.63) is 52.2 Å². The monoisotopic (exact) mass is 286 g/mol. The van der Waals surface area contributed by atoms with Gasteiger partial charge < -0.3 is 9.80 Å². The van der Waals surface area contributed by atoms with E-state index >= 15 is 0 Å². The van der Waals surface area contributed by atoms with Crippen LogP contribution in [0.4, 0.5) is 5.69 Å². The molecule has 1 aromatic heterocycles. The maximum atomic E-state index is 12.4. The third-order valence-electron chi connectivity index (χ3n) is 3.73. The Kier molecular flexibility index (Phi) is 3.74. The molecule has 20 heavy (non-hydrogen) atoms. The molecule has 4 heteroatoms. The van der Waals surface area contributed by atoms with Crippen molar-refractivity contribution in [1.29, 1.82) is 0 Å². The molecular formula is C16H18N2OS. The number of hydrogen-bond acceptors (Lipinski definition) is 3. The van der Waals surface area contributed by atoms with Crippen molar-refractivity contribution in [3.8, 4) is 0 Å². The first kappa shape index (κ1) is 13.2. The standard InChI is InChI=1S/C16H18N2OS/c1-17(14-5-3-2-4-6-14)12-16(19)18-9-7-15-13(11-18)8-10-20-15/h2-6,8,10H,7,9,11-12H2,1H3. The van der Waals surface area contributed by atoms with Crippen LogP contribution in [0.1, 0.15) is 10.4 Å². The van der Waals surface area contributed by atoms with Crippen LogP contribution in [0.3, 0.4) is 0 Å². The maximum Gasteiger partial charge on any atom is 0.242 e. The van der Waals surface area contributed by atoms with E-state index in [2.05, 4.69) is 11.4 Å². The van der Waals surface area contributed by atoms with Gasteiger partial charge in [0, 0.05) is 30.7 Å². The van der Waals surface area contributed by atoms with Crippen molar-refractivity contribution < 1.29 is 4.79 Å². The van der Waals surface area contributed by atoms with Crippen LogP contribution in [-0.4, -0.2) is 30.9 Å². The minimum atomic E-state index is 0.202. The first-order chi connectivity index (χ1) is 9.74. The molecule has 0 saturated carbocycles. The molecule has 3 rings (SSSR count). The average molecular weight is 286 g/mol. The molecular weight excluding hydrogens is 268 g/mol. The van der Waals surface area contributed by atoms with Gasteiger partial charge in [-0.2, -0.15) is 0 Å². The Hall–Kier alpha value is -1.81. The summed E-state index contributed by atoms with van der Waals surface area (Å²) in [6.45, 7) is 2.04. The molecule has 0 fully saturated rings. The molecule has 2 aromatic rings.